The lowest BCUT2D eigenvalue weighted by molar-refractivity contribution is 0.0921. The molecule has 7 nitrogen and oxygen atoms in total. The van der Waals surface area contributed by atoms with Gasteiger partial charge in [-0.05, 0) is 42.2 Å². The molecule has 1 fully saturated rings. The van der Waals surface area contributed by atoms with Crippen molar-refractivity contribution in [3.63, 3.8) is 0 Å². The summed E-state index contributed by atoms with van der Waals surface area (Å²) in [6, 6.07) is 10.7. The van der Waals surface area contributed by atoms with E-state index in [1.54, 1.807) is 24.4 Å². The van der Waals surface area contributed by atoms with Gasteiger partial charge in [0.15, 0.2) is 0 Å². The largest absolute Gasteiger partial charge is 0.378 e. The number of carbonyl (C=O) groups excluding carboxylic acids is 2. The van der Waals surface area contributed by atoms with Gasteiger partial charge in [-0.1, -0.05) is 26.0 Å². The Morgan fingerprint density at radius 2 is 1.81 bits per heavy atom. The summed E-state index contributed by atoms with van der Waals surface area (Å²) >= 11 is 5.81. The number of nitrogens with one attached hydrogen (secondary N) is 2. The normalized spacial score (nSPS) is 14.8. The number of nitrogens with zero attached hydrogens (tertiary/aromatic N) is 2. The van der Waals surface area contributed by atoms with Crippen molar-refractivity contribution in [2.45, 2.75) is 32.2 Å². The maximum atomic E-state index is 12.7. The molecule has 2 amide bonds. The second kappa shape index (κ2) is 11.8. The first-order chi connectivity index (χ1) is 15.5. The number of rotatable bonds is 9. The highest BCUT2D eigenvalue weighted by molar-refractivity contribution is 6.17. The first-order valence-corrected chi connectivity index (χ1v) is 11.5. The van der Waals surface area contributed by atoms with Crippen molar-refractivity contribution in [2.24, 2.45) is 5.92 Å². The third kappa shape index (κ3) is 6.68. The van der Waals surface area contributed by atoms with Crippen LogP contribution < -0.4 is 15.5 Å². The van der Waals surface area contributed by atoms with Crippen LogP contribution >= 0.6 is 11.6 Å². The number of benzene rings is 1. The Kier molecular flexibility index (Phi) is 8.88. The van der Waals surface area contributed by atoms with Gasteiger partial charge in [0.25, 0.3) is 11.8 Å². The summed E-state index contributed by atoms with van der Waals surface area (Å²) in [5.74, 6) is 1.16. The molecular weight excluding hydrogens is 428 g/mol. The maximum absolute atomic E-state index is 12.7. The molecule has 1 atom stereocenters. The molecule has 32 heavy (non-hydrogen) atoms. The van der Waals surface area contributed by atoms with Crippen LogP contribution in [-0.4, -0.2) is 55.7 Å². The molecule has 1 aromatic carbocycles. The van der Waals surface area contributed by atoms with Crippen LogP contribution in [0.25, 0.3) is 0 Å². The fraction of sp³-hybridized carbons (Fsp3) is 0.458. The van der Waals surface area contributed by atoms with Gasteiger partial charge in [0.05, 0.1) is 13.2 Å². The van der Waals surface area contributed by atoms with E-state index >= 15 is 0 Å². The molecule has 0 spiro atoms. The molecule has 0 saturated carbocycles. The first kappa shape index (κ1) is 24.0. The average molecular weight is 459 g/mol. The van der Waals surface area contributed by atoms with E-state index in [2.05, 4.69) is 34.4 Å². The SMILES string of the molecule is CC(C)C(CCNC(=O)c1ccnc(N2CCOCC2)c1)NC(=O)c1ccc(CCl)cc1. The summed E-state index contributed by atoms with van der Waals surface area (Å²) in [6.45, 7) is 7.43. The maximum Gasteiger partial charge on any atom is 0.251 e. The van der Waals surface area contributed by atoms with Crippen LogP contribution in [0.2, 0.25) is 0 Å². The van der Waals surface area contributed by atoms with Gasteiger partial charge >= 0.3 is 0 Å². The summed E-state index contributed by atoms with van der Waals surface area (Å²) in [5, 5.41) is 6.05. The zero-order valence-corrected chi connectivity index (χ0v) is 19.4. The highest BCUT2D eigenvalue weighted by Gasteiger charge is 2.18. The molecule has 8 heteroatoms. The van der Waals surface area contributed by atoms with Crippen LogP contribution in [0.5, 0.6) is 0 Å². The molecule has 1 saturated heterocycles. The van der Waals surface area contributed by atoms with Crippen molar-refractivity contribution in [3.8, 4) is 0 Å². The number of anilines is 1. The average Bonchev–Trinajstić information content (AvgIpc) is 2.83. The fourth-order valence-corrected chi connectivity index (χ4v) is 3.72. The predicted octanol–water partition coefficient (Wildman–Crippen LogP) is 3.23. The van der Waals surface area contributed by atoms with E-state index in [1.807, 2.05) is 18.2 Å². The molecule has 172 valence electrons. The monoisotopic (exact) mass is 458 g/mol. The number of hydrogen-bond donors (Lipinski definition) is 2. The Morgan fingerprint density at radius 3 is 2.47 bits per heavy atom. The lowest BCUT2D eigenvalue weighted by atomic mass is 10.00. The Balaban J connectivity index is 1.52. The summed E-state index contributed by atoms with van der Waals surface area (Å²) in [5.41, 5.74) is 2.14. The third-order valence-corrected chi connectivity index (χ3v) is 5.88. The molecule has 2 N–H and O–H groups in total. The number of aromatic nitrogens is 1. The van der Waals surface area contributed by atoms with Crippen molar-refractivity contribution in [1.82, 2.24) is 15.6 Å². The Hall–Kier alpha value is -2.64. The molecule has 1 unspecified atom stereocenters. The lowest BCUT2D eigenvalue weighted by Crippen LogP contribution is -2.41. The van der Waals surface area contributed by atoms with E-state index in [-0.39, 0.29) is 23.8 Å². The third-order valence-electron chi connectivity index (χ3n) is 5.58. The van der Waals surface area contributed by atoms with Crippen molar-refractivity contribution >= 4 is 29.2 Å². The van der Waals surface area contributed by atoms with Gasteiger partial charge in [-0.25, -0.2) is 4.98 Å². The summed E-state index contributed by atoms with van der Waals surface area (Å²) < 4.78 is 5.38. The Labute approximate surface area is 194 Å². The molecule has 0 aliphatic carbocycles. The molecular formula is C24H31ClN4O3. The predicted molar refractivity (Wildman–Crippen MR) is 126 cm³/mol. The highest BCUT2D eigenvalue weighted by Crippen LogP contribution is 2.15. The van der Waals surface area contributed by atoms with E-state index in [1.165, 1.54) is 0 Å². The number of carbonyl (C=O) groups is 2. The molecule has 1 aliphatic rings. The van der Waals surface area contributed by atoms with E-state index in [0.29, 0.717) is 43.2 Å². The lowest BCUT2D eigenvalue weighted by Gasteiger charge is -2.28. The molecule has 3 rings (SSSR count). The Bertz CT molecular complexity index is 898. The molecule has 0 bridgehead atoms. The number of hydrogen-bond acceptors (Lipinski definition) is 5. The van der Waals surface area contributed by atoms with Gasteiger partial charge in [-0.3, -0.25) is 9.59 Å². The summed E-state index contributed by atoms with van der Waals surface area (Å²) in [6.07, 6.45) is 2.29. The van der Waals surface area contributed by atoms with E-state index in [9.17, 15) is 9.59 Å². The van der Waals surface area contributed by atoms with Crippen LogP contribution in [-0.2, 0) is 10.6 Å². The number of morpholine rings is 1. The van der Waals surface area contributed by atoms with Gasteiger partial charge in [-0.2, -0.15) is 0 Å². The van der Waals surface area contributed by atoms with Crippen LogP contribution in [0.4, 0.5) is 5.82 Å². The Morgan fingerprint density at radius 1 is 1.09 bits per heavy atom. The molecule has 1 aromatic heterocycles. The highest BCUT2D eigenvalue weighted by atomic mass is 35.5. The zero-order chi connectivity index (χ0) is 22.9. The van der Waals surface area contributed by atoms with Gasteiger partial charge in [0.2, 0.25) is 0 Å². The van der Waals surface area contributed by atoms with Gasteiger partial charge in [0, 0.05) is 48.9 Å². The quantitative estimate of drug-likeness (QED) is 0.563. The van der Waals surface area contributed by atoms with Crippen LogP contribution in [0.3, 0.4) is 0 Å². The number of ether oxygens (including phenoxy) is 1. The van der Waals surface area contributed by atoms with E-state index < -0.39 is 0 Å². The standard InChI is InChI=1S/C24H31ClN4O3/c1-17(2)21(28-24(31)19-5-3-18(16-25)4-6-19)8-10-27-23(30)20-7-9-26-22(15-20)29-11-13-32-14-12-29/h3-7,9,15,17,21H,8,10-14,16H2,1-2H3,(H,27,30)(H,28,31). The van der Waals surface area contributed by atoms with E-state index in [0.717, 1.165) is 24.5 Å². The van der Waals surface area contributed by atoms with Crippen LogP contribution in [0.1, 0.15) is 46.5 Å². The van der Waals surface area contributed by atoms with Crippen molar-refractivity contribution in [3.05, 3.63) is 59.3 Å². The first-order valence-electron chi connectivity index (χ1n) is 11.0. The van der Waals surface area contributed by atoms with E-state index in [4.69, 9.17) is 16.3 Å². The number of halogens is 1. The van der Waals surface area contributed by atoms with Crippen molar-refractivity contribution in [1.29, 1.82) is 0 Å². The number of amides is 2. The molecule has 0 radical (unpaired) electrons. The van der Waals surface area contributed by atoms with Crippen LogP contribution in [0.15, 0.2) is 42.6 Å². The van der Waals surface area contributed by atoms with Crippen molar-refractivity contribution < 1.29 is 14.3 Å². The topological polar surface area (TPSA) is 83.6 Å². The summed E-state index contributed by atoms with van der Waals surface area (Å²) in [4.78, 5) is 31.8. The number of alkyl halides is 1. The summed E-state index contributed by atoms with van der Waals surface area (Å²) in [7, 11) is 0. The zero-order valence-electron chi connectivity index (χ0n) is 18.6. The molecule has 2 aromatic rings. The second-order valence-electron chi connectivity index (χ2n) is 8.20. The molecule has 2 heterocycles. The van der Waals surface area contributed by atoms with Gasteiger partial charge in [-0.15, -0.1) is 11.6 Å². The minimum absolute atomic E-state index is 0.0585. The van der Waals surface area contributed by atoms with Gasteiger partial charge < -0.3 is 20.3 Å². The van der Waals surface area contributed by atoms with Crippen LogP contribution in [0, 0.1) is 5.92 Å². The number of pyridine rings is 1. The fourth-order valence-electron chi connectivity index (χ4n) is 3.54. The van der Waals surface area contributed by atoms with Crippen molar-refractivity contribution in [2.75, 3.05) is 37.7 Å². The van der Waals surface area contributed by atoms with Gasteiger partial charge in [0.1, 0.15) is 5.82 Å². The minimum atomic E-state index is -0.146. The molecule has 1 aliphatic heterocycles. The second-order valence-corrected chi connectivity index (χ2v) is 8.47. The smallest absolute Gasteiger partial charge is 0.251 e. The minimum Gasteiger partial charge on any atom is -0.378 e.